The fraction of sp³-hybridized carbons (Fsp3) is 0.941. The summed E-state index contributed by atoms with van der Waals surface area (Å²) in [5.74, 6) is 1.75. The van der Waals surface area contributed by atoms with Gasteiger partial charge in [-0.1, -0.05) is 51.9 Å². The van der Waals surface area contributed by atoms with E-state index in [4.69, 9.17) is 11.6 Å². The van der Waals surface area contributed by atoms with Gasteiger partial charge in [-0.15, -0.1) is 11.6 Å². The van der Waals surface area contributed by atoms with Crippen molar-refractivity contribution in [2.24, 2.45) is 11.8 Å². The Hall–Kier alpha value is -0.240. The lowest BCUT2D eigenvalue weighted by Gasteiger charge is -2.40. The summed E-state index contributed by atoms with van der Waals surface area (Å²) in [7, 11) is 0. The fourth-order valence-electron chi connectivity index (χ4n) is 4.01. The molecule has 0 bridgehead atoms. The lowest BCUT2D eigenvalue weighted by atomic mass is 9.77. The highest BCUT2D eigenvalue weighted by Gasteiger charge is 2.36. The first-order chi connectivity index (χ1) is 9.65. The number of rotatable bonds is 3. The van der Waals surface area contributed by atoms with Crippen LogP contribution in [0.25, 0.3) is 0 Å². The largest absolute Gasteiger partial charge is 0.349 e. The summed E-state index contributed by atoms with van der Waals surface area (Å²) in [5.41, 5.74) is -0.126. The van der Waals surface area contributed by atoms with Crippen molar-refractivity contribution in [1.29, 1.82) is 0 Å². The average Bonchev–Trinajstić information content (AvgIpc) is 2.38. The molecule has 0 radical (unpaired) electrons. The Morgan fingerprint density at radius 1 is 1.10 bits per heavy atom. The Morgan fingerprint density at radius 3 is 2.35 bits per heavy atom. The molecule has 2 fully saturated rings. The van der Waals surface area contributed by atoms with Crippen LogP contribution in [0.3, 0.4) is 0 Å². The van der Waals surface area contributed by atoms with Crippen LogP contribution < -0.4 is 5.32 Å². The summed E-state index contributed by atoms with van der Waals surface area (Å²) < 4.78 is 0. The molecule has 3 heteroatoms. The lowest BCUT2D eigenvalue weighted by molar-refractivity contribution is -0.128. The molecule has 0 aliphatic heterocycles. The smallest absolute Gasteiger partial charge is 0.223 e. The van der Waals surface area contributed by atoms with Crippen molar-refractivity contribution in [3.05, 3.63) is 0 Å². The summed E-state index contributed by atoms with van der Waals surface area (Å²) in [4.78, 5) is 12.6. The molecule has 2 unspecified atom stereocenters. The maximum Gasteiger partial charge on any atom is 0.223 e. The molecule has 1 N–H and O–H groups in total. The molecule has 0 saturated heterocycles. The molecule has 0 aromatic carbocycles. The van der Waals surface area contributed by atoms with Crippen LogP contribution in [0.15, 0.2) is 0 Å². The highest BCUT2D eigenvalue weighted by Crippen LogP contribution is 2.34. The van der Waals surface area contributed by atoms with Crippen LogP contribution in [0.4, 0.5) is 0 Å². The minimum Gasteiger partial charge on any atom is -0.349 e. The maximum atomic E-state index is 12.6. The Labute approximate surface area is 129 Å². The van der Waals surface area contributed by atoms with E-state index in [9.17, 15) is 4.79 Å². The number of carbonyl (C=O) groups excluding carboxylic acids is 1. The Balaban J connectivity index is 1.93. The van der Waals surface area contributed by atoms with Gasteiger partial charge in [0, 0.05) is 11.8 Å². The van der Waals surface area contributed by atoms with Crippen molar-refractivity contribution in [1.82, 2.24) is 5.32 Å². The van der Waals surface area contributed by atoms with Gasteiger partial charge in [-0.3, -0.25) is 4.79 Å². The minimum absolute atomic E-state index is 0.126. The van der Waals surface area contributed by atoms with Crippen molar-refractivity contribution in [2.75, 3.05) is 5.88 Å². The molecule has 0 aromatic rings. The van der Waals surface area contributed by atoms with Gasteiger partial charge in [0.05, 0.1) is 5.54 Å². The van der Waals surface area contributed by atoms with E-state index in [0.717, 1.165) is 25.7 Å². The van der Waals surface area contributed by atoms with Gasteiger partial charge in [0.1, 0.15) is 0 Å². The maximum absolute atomic E-state index is 12.6. The highest BCUT2D eigenvalue weighted by atomic mass is 35.5. The van der Waals surface area contributed by atoms with Gasteiger partial charge in [-0.25, -0.2) is 0 Å². The van der Waals surface area contributed by atoms with Crippen molar-refractivity contribution in [2.45, 2.75) is 83.1 Å². The van der Waals surface area contributed by atoms with Crippen LogP contribution in [0.5, 0.6) is 0 Å². The van der Waals surface area contributed by atoms with Gasteiger partial charge in [0.25, 0.3) is 0 Å². The second-order valence-corrected chi connectivity index (χ2v) is 7.41. The molecule has 2 aliphatic carbocycles. The first-order valence-electron chi connectivity index (χ1n) is 8.53. The zero-order valence-corrected chi connectivity index (χ0v) is 13.7. The number of alkyl halides is 1. The average molecular weight is 300 g/mol. The molecule has 2 atom stereocenters. The van der Waals surface area contributed by atoms with E-state index in [-0.39, 0.29) is 17.4 Å². The molecule has 2 saturated carbocycles. The molecule has 116 valence electrons. The number of halogens is 1. The fourth-order valence-corrected chi connectivity index (χ4v) is 4.32. The van der Waals surface area contributed by atoms with Gasteiger partial charge in [-0.05, 0) is 31.6 Å². The van der Waals surface area contributed by atoms with Gasteiger partial charge < -0.3 is 5.32 Å². The monoisotopic (exact) mass is 299 g/mol. The molecule has 20 heavy (non-hydrogen) atoms. The number of hydrogen-bond acceptors (Lipinski definition) is 1. The summed E-state index contributed by atoms with van der Waals surface area (Å²) in [5, 5.41) is 3.36. The third-order valence-electron chi connectivity index (χ3n) is 5.21. The molecule has 2 aliphatic rings. The van der Waals surface area contributed by atoms with E-state index in [0.29, 0.717) is 11.8 Å². The third-order valence-corrected chi connectivity index (χ3v) is 5.72. The first-order valence-corrected chi connectivity index (χ1v) is 9.07. The van der Waals surface area contributed by atoms with E-state index in [2.05, 4.69) is 12.2 Å². The van der Waals surface area contributed by atoms with Crippen molar-refractivity contribution < 1.29 is 4.79 Å². The predicted molar refractivity (Wildman–Crippen MR) is 85.0 cm³/mol. The Bertz CT molecular complexity index is 312. The second-order valence-electron chi connectivity index (χ2n) is 7.15. The number of nitrogens with one attached hydrogen (secondary N) is 1. The van der Waals surface area contributed by atoms with E-state index in [1.807, 2.05) is 0 Å². The van der Waals surface area contributed by atoms with Crippen LogP contribution >= 0.6 is 11.6 Å². The van der Waals surface area contributed by atoms with Crippen molar-refractivity contribution in [3.8, 4) is 0 Å². The standard InChI is InChI=1S/C17H30ClNO/c1-14-8-7-11-17(12-14,13-18)19-16(20)15-9-5-3-2-4-6-10-15/h14-15H,2-13H2,1H3,(H,19,20). The van der Waals surface area contributed by atoms with Gasteiger partial charge in [0.2, 0.25) is 5.91 Å². The highest BCUT2D eigenvalue weighted by molar-refractivity contribution is 6.18. The first kappa shape index (κ1) is 16.1. The summed E-state index contributed by atoms with van der Waals surface area (Å²) >= 11 is 6.23. The van der Waals surface area contributed by atoms with Gasteiger partial charge in [0.15, 0.2) is 0 Å². The van der Waals surface area contributed by atoms with E-state index >= 15 is 0 Å². The molecule has 2 rings (SSSR count). The van der Waals surface area contributed by atoms with E-state index < -0.39 is 0 Å². The zero-order chi connectivity index (χ0) is 14.4. The summed E-state index contributed by atoms with van der Waals surface area (Å²) in [6.45, 7) is 2.28. The molecule has 0 heterocycles. The summed E-state index contributed by atoms with van der Waals surface area (Å²) in [6.07, 6.45) is 13.1. The summed E-state index contributed by atoms with van der Waals surface area (Å²) in [6, 6.07) is 0. The van der Waals surface area contributed by atoms with Crippen LogP contribution in [0, 0.1) is 11.8 Å². The Morgan fingerprint density at radius 2 is 1.75 bits per heavy atom. The number of carbonyl (C=O) groups is 1. The molecule has 1 amide bonds. The molecule has 2 nitrogen and oxygen atoms in total. The normalized spacial score (nSPS) is 33.2. The zero-order valence-electron chi connectivity index (χ0n) is 12.9. The SMILES string of the molecule is CC1CCCC(CCl)(NC(=O)C2CCCCCCC2)C1. The number of amides is 1. The lowest BCUT2D eigenvalue weighted by Crippen LogP contribution is -2.54. The van der Waals surface area contributed by atoms with Gasteiger partial charge in [-0.2, -0.15) is 0 Å². The molecule has 0 spiro atoms. The molecular weight excluding hydrogens is 270 g/mol. The molecule has 0 aromatic heterocycles. The number of hydrogen-bond donors (Lipinski definition) is 1. The quantitative estimate of drug-likeness (QED) is 0.755. The van der Waals surface area contributed by atoms with Crippen LogP contribution in [0.1, 0.15) is 77.6 Å². The Kier molecular flexibility index (Phi) is 6.20. The van der Waals surface area contributed by atoms with E-state index in [1.54, 1.807) is 0 Å². The van der Waals surface area contributed by atoms with Crippen LogP contribution in [0.2, 0.25) is 0 Å². The third kappa shape index (κ3) is 4.38. The van der Waals surface area contributed by atoms with E-state index in [1.165, 1.54) is 44.9 Å². The van der Waals surface area contributed by atoms with Crippen molar-refractivity contribution in [3.63, 3.8) is 0 Å². The second kappa shape index (κ2) is 7.68. The predicted octanol–water partition coefficient (Wildman–Crippen LogP) is 4.65. The minimum atomic E-state index is -0.126. The topological polar surface area (TPSA) is 29.1 Å². The van der Waals surface area contributed by atoms with Crippen LogP contribution in [-0.4, -0.2) is 17.3 Å². The van der Waals surface area contributed by atoms with Gasteiger partial charge >= 0.3 is 0 Å². The molecular formula is C17H30ClNO. The van der Waals surface area contributed by atoms with Crippen molar-refractivity contribution >= 4 is 17.5 Å². The van der Waals surface area contributed by atoms with Crippen LogP contribution in [-0.2, 0) is 4.79 Å².